The fourth-order valence-corrected chi connectivity index (χ4v) is 4.08. The lowest BCUT2D eigenvalue weighted by Gasteiger charge is -2.12. The number of nitro groups is 1. The van der Waals surface area contributed by atoms with Crippen LogP contribution in [-0.2, 0) is 11.2 Å². The van der Waals surface area contributed by atoms with E-state index in [1.807, 2.05) is 0 Å². The maximum Gasteiger partial charge on any atom is 0.270 e. The van der Waals surface area contributed by atoms with Crippen LogP contribution in [0.3, 0.4) is 0 Å². The summed E-state index contributed by atoms with van der Waals surface area (Å²) < 4.78 is 6.95. The fraction of sp³-hybridized carbons (Fsp3) is 0.238. The smallest absolute Gasteiger partial charge is 0.270 e. The molecule has 1 amide bonds. The number of hydrogen-bond donors (Lipinski definition) is 1. The Morgan fingerprint density at radius 2 is 2.03 bits per heavy atom. The Balaban J connectivity index is 1.86. The van der Waals surface area contributed by atoms with Crippen LogP contribution >= 0.6 is 23.4 Å². The van der Waals surface area contributed by atoms with Crippen molar-refractivity contribution in [3.63, 3.8) is 0 Å². The molecule has 0 saturated carbocycles. The predicted molar refractivity (Wildman–Crippen MR) is 123 cm³/mol. The number of non-ortho nitro benzene ring substituents is 1. The molecule has 1 N–H and O–H groups in total. The number of nitro benzene ring substituents is 1. The summed E-state index contributed by atoms with van der Waals surface area (Å²) in [4.78, 5) is 34.3. The summed E-state index contributed by atoms with van der Waals surface area (Å²) in [6.07, 6.45) is 0.398. The Hall–Kier alpha value is -3.44. The Morgan fingerprint density at radius 3 is 2.70 bits per heavy atom. The topological polar surface area (TPSA) is 129 Å². The molecule has 0 atom stereocenters. The van der Waals surface area contributed by atoms with Crippen LogP contribution < -0.4 is 10.1 Å². The van der Waals surface area contributed by atoms with Gasteiger partial charge in [0.2, 0.25) is 5.91 Å². The SMILES string of the molecule is COc1ccc(-n2c(CCNC(C)=O)nnc2SCC(=O)c2cccc([N+](=O)[O-])c2)cc1Cl. The van der Waals surface area contributed by atoms with Crippen LogP contribution in [0.1, 0.15) is 23.1 Å². The summed E-state index contributed by atoms with van der Waals surface area (Å²) in [5, 5.41) is 22.9. The minimum Gasteiger partial charge on any atom is -0.495 e. The van der Waals surface area contributed by atoms with Crippen LogP contribution in [0.25, 0.3) is 5.69 Å². The van der Waals surface area contributed by atoms with Crippen molar-refractivity contribution >= 4 is 40.7 Å². The van der Waals surface area contributed by atoms with Gasteiger partial charge in [0.15, 0.2) is 10.9 Å². The monoisotopic (exact) mass is 489 g/mol. The number of carbonyl (C=O) groups excluding carboxylic acids is 2. The van der Waals surface area contributed by atoms with Crippen molar-refractivity contribution in [1.82, 2.24) is 20.1 Å². The molecule has 0 aliphatic rings. The molecule has 0 bridgehead atoms. The molecule has 0 saturated heterocycles. The van der Waals surface area contributed by atoms with Gasteiger partial charge in [-0.1, -0.05) is 35.5 Å². The molecule has 1 aromatic heterocycles. The van der Waals surface area contributed by atoms with Crippen LogP contribution in [0, 0.1) is 10.1 Å². The van der Waals surface area contributed by atoms with E-state index in [1.54, 1.807) is 22.8 Å². The molecule has 0 spiro atoms. The van der Waals surface area contributed by atoms with Crippen LogP contribution in [0.2, 0.25) is 5.02 Å². The number of ether oxygens (including phenoxy) is 1. The van der Waals surface area contributed by atoms with Crippen LogP contribution in [0.15, 0.2) is 47.6 Å². The van der Waals surface area contributed by atoms with E-state index in [4.69, 9.17) is 16.3 Å². The zero-order chi connectivity index (χ0) is 24.0. The number of hydrogen-bond acceptors (Lipinski definition) is 8. The number of Topliss-reactive ketones (excluding diaryl/α,β-unsaturated/α-hetero) is 1. The van der Waals surface area contributed by atoms with E-state index in [0.717, 1.165) is 11.8 Å². The second-order valence-electron chi connectivity index (χ2n) is 6.81. The molecule has 2 aromatic carbocycles. The molecule has 12 heteroatoms. The first-order chi connectivity index (χ1) is 15.8. The van der Waals surface area contributed by atoms with Gasteiger partial charge in [-0.2, -0.15) is 0 Å². The second-order valence-corrected chi connectivity index (χ2v) is 8.16. The molecule has 0 aliphatic carbocycles. The van der Waals surface area contributed by atoms with Gasteiger partial charge in [-0.15, -0.1) is 10.2 Å². The van der Waals surface area contributed by atoms with Crippen molar-refractivity contribution < 1.29 is 19.2 Å². The highest BCUT2D eigenvalue weighted by atomic mass is 35.5. The zero-order valence-electron chi connectivity index (χ0n) is 17.8. The van der Waals surface area contributed by atoms with E-state index in [-0.39, 0.29) is 28.7 Å². The lowest BCUT2D eigenvalue weighted by Crippen LogP contribution is -2.23. The summed E-state index contributed by atoms with van der Waals surface area (Å²) in [5.41, 5.74) is 0.747. The van der Waals surface area contributed by atoms with Gasteiger partial charge in [0, 0.05) is 37.6 Å². The minimum atomic E-state index is -0.546. The minimum absolute atomic E-state index is 0.00508. The highest BCUT2D eigenvalue weighted by molar-refractivity contribution is 7.99. The Labute approximate surface area is 198 Å². The van der Waals surface area contributed by atoms with E-state index in [9.17, 15) is 19.7 Å². The number of benzene rings is 2. The maximum atomic E-state index is 12.6. The van der Waals surface area contributed by atoms with Crippen molar-refractivity contribution in [3.05, 3.63) is 69.0 Å². The van der Waals surface area contributed by atoms with Crippen molar-refractivity contribution in [3.8, 4) is 11.4 Å². The largest absolute Gasteiger partial charge is 0.495 e. The molecule has 0 unspecified atom stereocenters. The number of methoxy groups -OCH3 is 1. The number of aromatic nitrogens is 3. The Morgan fingerprint density at radius 1 is 1.24 bits per heavy atom. The number of amides is 1. The van der Waals surface area contributed by atoms with Gasteiger partial charge in [0.25, 0.3) is 5.69 Å². The number of rotatable bonds is 10. The van der Waals surface area contributed by atoms with Crippen molar-refractivity contribution in [2.45, 2.75) is 18.5 Å². The van der Waals surface area contributed by atoms with Gasteiger partial charge < -0.3 is 10.1 Å². The van der Waals surface area contributed by atoms with Crippen molar-refractivity contribution in [2.75, 3.05) is 19.4 Å². The first kappa shape index (κ1) is 24.2. The quantitative estimate of drug-likeness (QED) is 0.198. The highest BCUT2D eigenvalue weighted by Gasteiger charge is 2.18. The summed E-state index contributed by atoms with van der Waals surface area (Å²) in [7, 11) is 1.51. The Kier molecular flexibility index (Phi) is 8.01. The average molecular weight is 490 g/mol. The van der Waals surface area contributed by atoms with Crippen LogP contribution in [0.4, 0.5) is 5.69 Å². The van der Waals surface area contributed by atoms with E-state index >= 15 is 0 Å². The first-order valence-electron chi connectivity index (χ1n) is 9.73. The van der Waals surface area contributed by atoms with Gasteiger partial charge in [-0.25, -0.2) is 0 Å². The molecule has 10 nitrogen and oxygen atoms in total. The zero-order valence-corrected chi connectivity index (χ0v) is 19.4. The van der Waals surface area contributed by atoms with Gasteiger partial charge in [-0.3, -0.25) is 24.3 Å². The third kappa shape index (κ3) is 6.08. The Bertz CT molecular complexity index is 1200. The molecule has 172 valence electrons. The fourth-order valence-electron chi connectivity index (χ4n) is 2.97. The van der Waals surface area contributed by atoms with Gasteiger partial charge in [0.1, 0.15) is 11.6 Å². The summed E-state index contributed by atoms with van der Waals surface area (Å²) in [6, 6.07) is 10.8. The number of halogens is 1. The molecule has 1 heterocycles. The number of ketones is 1. The molecule has 3 aromatic rings. The molecule has 3 rings (SSSR count). The molecule has 0 radical (unpaired) electrons. The lowest BCUT2D eigenvalue weighted by atomic mass is 10.1. The number of thioether (sulfide) groups is 1. The van der Waals surface area contributed by atoms with Gasteiger partial charge in [-0.05, 0) is 18.2 Å². The molecular formula is C21H20ClN5O5S. The normalized spacial score (nSPS) is 10.6. The number of nitrogens with zero attached hydrogens (tertiary/aromatic N) is 4. The van der Waals surface area contributed by atoms with Crippen LogP contribution in [-0.4, -0.2) is 50.8 Å². The van der Waals surface area contributed by atoms with Crippen molar-refractivity contribution in [2.24, 2.45) is 0 Å². The molecule has 0 fully saturated rings. The van der Waals surface area contributed by atoms with E-state index in [0.29, 0.717) is 40.4 Å². The summed E-state index contributed by atoms with van der Waals surface area (Å²) in [6.45, 7) is 1.78. The van der Waals surface area contributed by atoms with Crippen molar-refractivity contribution in [1.29, 1.82) is 0 Å². The molecular weight excluding hydrogens is 470 g/mol. The standard InChI is InChI=1S/C21H20ClN5O5S/c1-13(28)23-9-8-20-24-25-21(26(20)15-6-7-19(32-2)17(22)11-15)33-12-18(29)14-4-3-5-16(10-14)27(30)31/h3-7,10-11H,8-9,12H2,1-2H3,(H,23,28). The first-order valence-corrected chi connectivity index (χ1v) is 11.1. The van der Waals surface area contributed by atoms with Gasteiger partial charge >= 0.3 is 0 Å². The summed E-state index contributed by atoms with van der Waals surface area (Å²) in [5.74, 6) is 0.615. The van der Waals surface area contributed by atoms with Crippen LogP contribution in [0.5, 0.6) is 5.75 Å². The molecule has 33 heavy (non-hydrogen) atoms. The third-order valence-electron chi connectivity index (χ3n) is 4.53. The van der Waals surface area contributed by atoms with E-state index in [2.05, 4.69) is 15.5 Å². The predicted octanol–water partition coefficient (Wildman–Crippen LogP) is 3.49. The third-order valence-corrected chi connectivity index (χ3v) is 5.75. The van der Waals surface area contributed by atoms with Gasteiger partial charge in [0.05, 0.1) is 28.5 Å². The summed E-state index contributed by atoms with van der Waals surface area (Å²) >= 11 is 7.44. The maximum absolute atomic E-state index is 12.6. The van der Waals surface area contributed by atoms with E-state index in [1.165, 1.54) is 38.3 Å². The number of carbonyl (C=O) groups is 2. The lowest BCUT2D eigenvalue weighted by molar-refractivity contribution is -0.384. The van der Waals surface area contributed by atoms with E-state index < -0.39 is 4.92 Å². The molecule has 0 aliphatic heterocycles. The average Bonchev–Trinajstić information content (AvgIpc) is 3.19. The highest BCUT2D eigenvalue weighted by Crippen LogP contribution is 2.30. The second kappa shape index (κ2) is 10.9. The number of nitrogens with one attached hydrogen (secondary N) is 1.